The van der Waals surface area contributed by atoms with Crippen LogP contribution in [0.1, 0.15) is 30.3 Å². The molecule has 3 atom stereocenters. The molecule has 0 bridgehead atoms. The lowest BCUT2D eigenvalue weighted by Crippen LogP contribution is -2.54. The van der Waals surface area contributed by atoms with Gasteiger partial charge in [-0.1, -0.05) is 11.6 Å². The number of fused-ring (bicyclic) bond motifs is 2. The van der Waals surface area contributed by atoms with E-state index in [1.165, 1.54) is 0 Å². The maximum Gasteiger partial charge on any atom is 0.274 e. The molecule has 2 fully saturated rings. The SMILES string of the molecule is CCO[C@@H]1CC[C@@H]2[C@H]1OCCN2C(=O)c1cn2cc(Cl)ccc2n1. The number of carbonyl (C=O) groups is 1. The first-order valence-electron chi connectivity index (χ1n) is 8.36. The summed E-state index contributed by atoms with van der Waals surface area (Å²) in [4.78, 5) is 19.3. The Labute approximate surface area is 145 Å². The normalized spacial score (nSPS) is 26.8. The Hall–Kier alpha value is -1.63. The van der Waals surface area contributed by atoms with Crippen molar-refractivity contribution in [3.05, 3.63) is 35.2 Å². The van der Waals surface area contributed by atoms with Crippen LogP contribution in [0.5, 0.6) is 0 Å². The maximum atomic E-state index is 13.0. The molecule has 128 valence electrons. The number of hydrogen-bond acceptors (Lipinski definition) is 4. The standard InChI is InChI=1S/C17H20ClN3O3/c1-2-23-14-5-4-13-16(14)24-8-7-21(13)17(22)12-10-20-9-11(18)3-6-15(20)19-12/h3,6,9-10,13-14,16H,2,4-5,7-8H2,1H3/t13-,14-,16-/m1/s1. The fourth-order valence-corrected chi connectivity index (χ4v) is 3.94. The van der Waals surface area contributed by atoms with Gasteiger partial charge in [0.15, 0.2) is 0 Å². The van der Waals surface area contributed by atoms with Crippen molar-refractivity contribution >= 4 is 23.2 Å². The highest BCUT2D eigenvalue weighted by atomic mass is 35.5. The second-order valence-electron chi connectivity index (χ2n) is 6.21. The number of morpholine rings is 1. The third-order valence-corrected chi connectivity index (χ3v) is 5.03. The number of rotatable bonds is 3. The molecule has 0 N–H and O–H groups in total. The van der Waals surface area contributed by atoms with Crippen molar-refractivity contribution in [3.63, 3.8) is 0 Å². The van der Waals surface area contributed by atoms with Crippen molar-refractivity contribution in [1.82, 2.24) is 14.3 Å². The quantitative estimate of drug-likeness (QED) is 0.853. The van der Waals surface area contributed by atoms with Gasteiger partial charge < -0.3 is 18.8 Å². The summed E-state index contributed by atoms with van der Waals surface area (Å²) in [7, 11) is 0. The summed E-state index contributed by atoms with van der Waals surface area (Å²) in [6.07, 6.45) is 5.37. The van der Waals surface area contributed by atoms with Gasteiger partial charge in [0.25, 0.3) is 5.91 Å². The van der Waals surface area contributed by atoms with Crippen LogP contribution in [0, 0.1) is 0 Å². The molecule has 4 rings (SSSR count). The van der Waals surface area contributed by atoms with Crippen molar-refractivity contribution in [3.8, 4) is 0 Å². The lowest BCUT2D eigenvalue weighted by Gasteiger charge is -2.38. The van der Waals surface area contributed by atoms with E-state index in [9.17, 15) is 4.79 Å². The minimum Gasteiger partial charge on any atom is -0.376 e. The van der Waals surface area contributed by atoms with Gasteiger partial charge in [-0.15, -0.1) is 0 Å². The predicted octanol–water partition coefficient (Wildman–Crippen LogP) is 2.40. The lowest BCUT2D eigenvalue weighted by molar-refractivity contribution is -0.102. The van der Waals surface area contributed by atoms with E-state index >= 15 is 0 Å². The van der Waals surface area contributed by atoms with E-state index in [-0.39, 0.29) is 24.2 Å². The van der Waals surface area contributed by atoms with Crippen LogP contribution in [-0.4, -0.2) is 58.2 Å². The van der Waals surface area contributed by atoms with E-state index < -0.39 is 0 Å². The molecule has 1 saturated carbocycles. The van der Waals surface area contributed by atoms with Gasteiger partial charge >= 0.3 is 0 Å². The number of imidazole rings is 1. The largest absolute Gasteiger partial charge is 0.376 e. The van der Waals surface area contributed by atoms with Gasteiger partial charge in [-0.25, -0.2) is 4.98 Å². The summed E-state index contributed by atoms with van der Waals surface area (Å²) >= 11 is 6.00. The number of nitrogens with zero attached hydrogens (tertiary/aromatic N) is 3. The Morgan fingerprint density at radius 2 is 2.29 bits per heavy atom. The monoisotopic (exact) mass is 349 g/mol. The molecule has 6 nitrogen and oxygen atoms in total. The Morgan fingerprint density at radius 1 is 1.42 bits per heavy atom. The molecule has 3 heterocycles. The van der Waals surface area contributed by atoms with E-state index in [1.54, 1.807) is 22.9 Å². The van der Waals surface area contributed by atoms with Crippen LogP contribution < -0.4 is 0 Å². The maximum absolute atomic E-state index is 13.0. The summed E-state index contributed by atoms with van der Waals surface area (Å²) in [6.45, 7) is 3.78. The fourth-order valence-electron chi connectivity index (χ4n) is 3.78. The van der Waals surface area contributed by atoms with Gasteiger partial charge in [0.1, 0.15) is 17.4 Å². The third kappa shape index (κ3) is 2.68. The molecule has 2 aliphatic rings. The first-order chi connectivity index (χ1) is 11.7. The fraction of sp³-hybridized carbons (Fsp3) is 0.529. The number of carbonyl (C=O) groups excluding carboxylic acids is 1. The summed E-state index contributed by atoms with van der Waals surface area (Å²) in [5.74, 6) is -0.0507. The molecule has 2 aromatic heterocycles. The second-order valence-corrected chi connectivity index (χ2v) is 6.65. The third-order valence-electron chi connectivity index (χ3n) is 4.81. The second kappa shape index (κ2) is 6.35. The van der Waals surface area contributed by atoms with E-state index in [4.69, 9.17) is 21.1 Å². The van der Waals surface area contributed by atoms with Crippen molar-refractivity contribution in [1.29, 1.82) is 0 Å². The molecule has 2 aromatic rings. The van der Waals surface area contributed by atoms with Crippen molar-refractivity contribution in [2.24, 2.45) is 0 Å². The topological polar surface area (TPSA) is 56.1 Å². The molecule has 0 unspecified atom stereocenters. The van der Waals surface area contributed by atoms with Crippen LogP contribution in [0.25, 0.3) is 5.65 Å². The Bertz CT molecular complexity index is 763. The molecule has 1 saturated heterocycles. The average Bonchev–Trinajstić information content (AvgIpc) is 3.18. The highest BCUT2D eigenvalue weighted by Gasteiger charge is 2.45. The van der Waals surface area contributed by atoms with Crippen LogP contribution >= 0.6 is 11.6 Å². The summed E-state index contributed by atoms with van der Waals surface area (Å²) in [5, 5.41) is 0.612. The average molecular weight is 350 g/mol. The van der Waals surface area contributed by atoms with E-state index in [1.807, 2.05) is 17.9 Å². The summed E-state index contributed by atoms with van der Waals surface area (Å²) < 4.78 is 13.4. The molecule has 24 heavy (non-hydrogen) atoms. The highest BCUT2D eigenvalue weighted by molar-refractivity contribution is 6.30. The Kier molecular flexibility index (Phi) is 4.20. The van der Waals surface area contributed by atoms with Gasteiger partial charge in [0.2, 0.25) is 0 Å². The van der Waals surface area contributed by atoms with Crippen LogP contribution in [0.4, 0.5) is 0 Å². The highest BCUT2D eigenvalue weighted by Crippen LogP contribution is 2.33. The van der Waals surface area contributed by atoms with Gasteiger partial charge in [-0.2, -0.15) is 0 Å². The predicted molar refractivity (Wildman–Crippen MR) is 89.4 cm³/mol. The summed E-state index contributed by atoms with van der Waals surface area (Å²) in [5.41, 5.74) is 1.16. The molecule has 7 heteroatoms. The lowest BCUT2D eigenvalue weighted by atomic mass is 10.1. The Morgan fingerprint density at radius 3 is 3.12 bits per heavy atom. The molecule has 0 radical (unpaired) electrons. The van der Waals surface area contributed by atoms with Crippen LogP contribution in [0.15, 0.2) is 24.5 Å². The van der Waals surface area contributed by atoms with Crippen LogP contribution in [0.2, 0.25) is 5.02 Å². The molecule has 0 aromatic carbocycles. The smallest absolute Gasteiger partial charge is 0.274 e. The van der Waals surface area contributed by atoms with Gasteiger partial charge in [0.05, 0.1) is 23.8 Å². The van der Waals surface area contributed by atoms with Crippen LogP contribution in [-0.2, 0) is 9.47 Å². The minimum absolute atomic E-state index is 0.0332. The molecular weight excluding hydrogens is 330 g/mol. The van der Waals surface area contributed by atoms with E-state index in [2.05, 4.69) is 4.98 Å². The van der Waals surface area contributed by atoms with Crippen molar-refractivity contribution in [2.45, 2.75) is 38.0 Å². The zero-order valence-corrected chi connectivity index (χ0v) is 14.3. The molecule has 1 amide bonds. The van der Waals surface area contributed by atoms with E-state index in [0.717, 1.165) is 12.8 Å². The molecule has 1 aliphatic carbocycles. The molecule has 0 spiro atoms. The Balaban J connectivity index is 1.58. The number of amides is 1. The van der Waals surface area contributed by atoms with Gasteiger partial charge in [-0.3, -0.25) is 4.79 Å². The number of pyridine rings is 1. The zero-order chi connectivity index (χ0) is 16.7. The first-order valence-corrected chi connectivity index (χ1v) is 8.73. The first kappa shape index (κ1) is 15.9. The number of ether oxygens (including phenoxy) is 2. The number of hydrogen-bond donors (Lipinski definition) is 0. The molecule has 1 aliphatic heterocycles. The van der Waals surface area contributed by atoms with Gasteiger partial charge in [0, 0.05) is 25.5 Å². The summed E-state index contributed by atoms with van der Waals surface area (Å²) in [6, 6.07) is 3.64. The van der Waals surface area contributed by atoms with Crippen LogP contribution in [0.3, 0.4) is 0 Å². The van der Waals surface area contributed by atoms with Gasteiger partial charge in [-0.05, 0) is 31.9 Å². The molecular formula is C17H20ClN3O3. The van der Waals surface area contributed by atoms with Crippen molar-refractivity contribution < 1.29 is 14.3 Å². The number of halogens is 1. The number of aromatic nitrogens is 2. The zero-order valence-electron chi connectivity index (χ0n) is 13.5. The minimum atomic E-state index is -0.0507. The van der Waals surface area contributed by atoms with E-state index in [0.29, 0.717) is 36.1 Å². The van der Waals surface area contributed by atoms with Crippen molar-refractivity contribution in [2.75, 3.05) is 19.8 Å².